The van der Waals surface area contributed by atoms with E-state index in [-0.39, 0.29) is 6.09 Å². The first-order valence-electron chi connectivity index (χ1n) is 11.7. The molecule has 0 saturated carbocycles. The summed E-state index contributed by atoms with van der Waals surface area (Å²) >= 11 is -1.39. The number of nitrogens with zero attached hydrogens (tertiary/aromatic N) is 7. The molecule has 1 aromatic heterocycles. The summed E-state index contributed by atoms with van der Waals surface area (Å²) in [5.41, 5.74) is 2.08. The molecular weight excluding hydrogens is 466 g/mol. The summed E-state index contributed by atoms with van der Waals surface area (Å²) in [6, 6.07) is 15.3. The number of para-hydroxylation sites is 1. The SMILES string of the molecule is CC(C)(C)OC(=O)N1CCN(C2=NCCN2[S+]([O-])c2ccc(-n3nnc4ccccc43)cc2)CC1. The molecule has 1 unspecified atom stereocenters. The zero-order valence-corrected chi connectivity index (χ0v) is 20.9. The molecule has 2 aliphatic heterocycles. The Morgan fingerprint density at radius 3 is 2.43 bits per heavy atom. The number of aliphatic imine (C=N–C) groups is 1. The Kier molecular flexibility index (Phi) is 6.28. The monoisotopic (exact) mass is 495 g/mol. The lowest BCUT2D eigenvalue weighted by molar-refractivity contribution is 0.0184. The van der Waals surface area contributed by atoms with Gasteiger partial charge in [-0.3, -0.25) is 0 Å². The van der Waals surface area contributed by atoms with Crippen LogP contribution >= 0.6 is 0 Å². The Balaban J connectivity index is 1.24. The molecule has 11 heteroatoms. The first-order chi connectivity index (χ1) is 16.8. The Morgan fingerprint density at radius 2 is 1.71 bits per heavy atom. The summed E-state index contributed by atoms with van der Waals surface area (Å²) in [7, 11) is 0. The van der Waals surface area contributed by atoms with E-state index in [1.54, 1.807) is 9.58 Å². The minimum Gasteiger partial charge on any atom is -0.588 e. The number of hydrogen-bond donors (Lipinski definition) is 0. The van der Waals surface area contributed by atoms with Gasteiger partial charge < -0.3 is 19.1 Å². The van der Waals surface area contributed by atoms with Crippen LogP contribution in [0.2, 0.25) is 0 Å². The number of aromatic nitrogens is 3. The van der Waals surface area contributed by atoms with E-state index in [9.17, 15) is 9.35 Å². The third kappa shape index (κ3) is 4.92. The molecule has 2 aromatic carbocycles. The number of carbonyl (C=O) groups excluding carboxylic acids is 1. The van der Waals surface area contributed by atoms with Gasteiger partial charge in [0.15, 0.2) is 4.90 Å². The maximum Gasteiger partial charge on any atom is 0.410 e. The van der Waals surface area contributed by atoms with E-state index in [0.717, 1.165) is 22.7 Å². The molecule has 0 bridgehead atoms. The zero-order valence-electron chi connectivity index (χ0n) is 20.1. The van der Waals surface area contributed by atoms with Crippen molar-refractivity contribution in [2.75, 3.05) is 39.3 Å². The van der Waals surface area contributed by atoms with Gasteiger partial charge in [-0.2, -0.15) is 4.31 Å². The predicted octanol–water partition coefficient (Wildman–Crippen LogP) is 2.67. The van der Waals surface area contributed by atoms with E-state index >= 15 is 0 Å². The first-order valence-corrected chi connectivity index (χ1v) is 12.8. The smallest absolute Gasteiger partial charge is 0.410 e. The van der Waals surface area contributed by atoms with Crippen LogP contribution in [-0.4, -0.2) is 90.6 Å². The van der Waals surface area contributed by atoms with Crippen molar-refractivity contribution in [3.8, 4) is 5.69 Å². The van der Waals surface area contributed by atoms with Crippen molar-refractivity contribution in [2.45, 2.75) is 31.3 Å². The van der Waals surface area contributed by atoms with Crippen LogP contribution in [0, 0.1) is 0 Å². The van der Waals surface area contributed by atoms with Gasteiger partial charge in [-0.05, 0) is 57.2 Å². The van der Waals surface area contributed by atoms with E-state index < -0.39 is 17.0 Å². The summed E-state index contributed by atoms with van der Waals surface area (Å²) in [6.45, 7) is 9.07. The van der Waals surface area contributed by atoms with Gasteiger partial charge in [-0.25, -0.2) is 14.5 Å². The minimum atomic E-state index is -1.39. The van der Waals surface area contributed by atoms with E-state index in [4.69, 9.17) is 4.74 Å². The number of fused-ring (bicyclic) bond motifs is 1. The van der Waals surface area contributed by atoms with Crippen molar-refractivity contribution in [1.29, 1.82) is 0 Å². The molecule has 3 aromatic rings. The largest absolute Gasteiger partial charge is 0.588 e. The van der Waals surface area contributed by atoms with Crippen LogP contribution in [-0.2, 0) is 16.1 Å². The number of piperazine rings is 1. The first kappa shape index (κ1) is 23.4. The van der Waals surface area contributed by atoms with Crippen LogP contribution in [0.1, 0.15) is 20.8 Å². The van der Waals surface area contributed by atoms with Crippen molar-refractivity contribution >= 4 is 34.4 Å². The molecule has 1 saturated heterocycles. The number of guanidine groups is 1. The predicted molar refractivity (Wildman–Crippen MR) is 134 cm³/mol. The van der Waals surface area contributed by atoms with Crippen molar-refractivity contribution in [3.05, 3.63) is 48.5 Å². The molecule has 35 heavy (non-hydrogen) atoms. The van der Waals surface area contributed by atoms with E-state index in [1.807, 2.05) is 73.6 Å². The molecule has 0 N–H and O–H groups in total. The van der Waals surface area contributed by atoms with Gasteiger partial charge in [0.05, 0.1) is 24.3 Å². The molecule has 1 atom stereocenters. The number of hydrogen-bond acceptors (Lipinski definition) is 8. The highest BCUT2D eigenvalue weighted by atomic mass is 32.2. The zero-order chi connectivity index (χ0) is 24.6. The summed E-state index contributed by atoms with van der Waals surface area (Å²) in [5.74, 6) is 0.721. The lowest BCUT2D eigenvalue weighted by atomic mass is 10.2. The van der Waals surface area contributed by atoms with Gasteiger partial charge in [0.25, 0.3) is 0 Å². The highest BCUT2D eigenvalue weighted by Crippen LogP contribution is 2.24. The summed E-state index contributed by atoms with van der Waals surface area (Å²) in [6.07, 6.45) is -0.300. The molecule has 3 heterocycles. The Hall–Kier alpha value is -3.31. The molecule has 2 aliphatic rings. The fraction of sp³-hybridized carbons (Fsp3) is 0.417. The number of rotatable bonds is 3. The van der Waals surface area contributed by atoms with Crippen LogP contribution < -0.4 is 0 Å². The van der Waals surface area contributed by atoms with Gasteiger partial charge in [0.1, 0.15) is 22.5 Å². The summed E-state index contributed by atoms with van der Waals surface area (Å²) in [4.78, 5) is 21.5. The lowest BCUT2D eigenvalue weighted by Gasteiger charge is -2.38. The normalized spacial score (nSPS) is 17.6. The van der Waals surface area contributed by atoms with Gasteiger partial charge in [-0.15, -0.1) is 5.10 Å². The molecular formula is C24H29N7O3S. The second kappa shape index (κ2) is 9.38. The quantitative estimate of drug-likeness (QED) is 0.515. The molecule has 1 fully saturated rings. The second-order valence-electron chi connectivity index (χ2n) is 9.47. The topological polar surface area (TPSA) is 102 Å². The summed E-state index contributed by atoms with van der Waals surface area (Å²) in [5, 5.41) is 8.45. The van der Waals surface area contributed by atoms with Crippen molar-refractivity contribution in [1.82, 2.24) is 29.1 Å². The Morgan fingerprint density at radius 1 is 1.00 bits per heavy atom. The average molecular weight is 496 g/mol. The highest BCUT2D eigenvalue weighted by molar-refractivity contribution is 7.89. The van der Waals surface area contributed by atoms with Gasteiger partial charge in [0.2, 0.25) is 5.96 Å². The van der Waals surface area contributed by atoms with Crippen molar-refractivity contribution in [2.24, 2.45) is 4.99 Å². The van der Waals surface area contributed by atoms with E-state index in [1.165, 1.54) is 0 Å². The highest BCUT2D eigenvalue weighted by Gasteiger charge is 2.36. The van der Waals surface area contributed by atoms with Crippen molar-refractivity contribution in [3.63, 3.8) is 0 Å². The van der Waals surface area contributed by atoms with Gasteiger partial charge in [0, 0.05) is 26.2 Å². The van der Waals surface area contributed by atoms with E-state index in [0.29, 0.717) is 44.2 Å². The molecule has 0 aliphatic carbocycles. The molecule has 184 valence electrons. The standard InChI is InChI=1S/C24H29N7O3S/c1-24(2,3)34-23(32)29-16-14-28(15-17-29)22-25-12-13-30(22)35(33)19-10-8-18(9-11-19)31-21-7-5-4-6-20(21)26-27-31/h4-11H,12-17H2,1-3H3. The average Bonchev–Trinajstić information content (AvgIpc) is 3.50. The molecule has 0 radical (unpaired) electrons. The fourth-order valence-corrected chi connectivity index (χ4v) is 5.33. The van der Waals surface area contributed by atoms with Crippen molar-refractivity contribution < 1.29 is 14.1 Å². The third-order valence-corrected chi connectivity index (χ3v) is 7.25. The van der Waals surface area contributed by atoms with Crippen LogP contribution in [0.5, 0.6) is 0 Å². The van der Waals surface area contributed by atoms with Crippen LogP contribution in [0.4, 0.5) is 4.79 Å². The number of amides is 1. The number of carbonyl (C=O) groups is 1. The second-order valence-corrected chi connectivity index (χ2v) is 10.9. The molecule has 1 amide bonds. The maximum absolute atomic E-state index is 13.4. The van der Waals surface area contributed by atoms with Gasteiger partial charge >= 0.3 is 6.09 Å². The molecule has 5 rings (SSSR count). The van der Waals surface area contributed by atoms with Crippen LogP contribution in [0.25, 0.3) is 16.7 Å². The summed E-state index contributed by atoms with van der Waals surface area (Å²) < 4.78 is 22.5. The Labute approximate surface area is 207 Å². The maximum atomic E-state index is 13.4. The lowest BCUT2D eigenvalue weighted by Crippen LogP contribution is -2.55. The Bertz CT molecular complexity index is 1230. The number of benzene rings is 2. The van der Waals surface area contributed by atoms with Gasteiger partial charge in [-0.1, -0.05) is 17.3 Å². The molecule has 10 nitrogen and oxygen atoms in total. The fourth-order valence-electron chi connectivity index (χ4n) is 4.14. The third-order valence-electron chi connectivity index (χ3n) is 5.83. The minimum absolute atomic E-state index is 0.300. The number of ether oxygens (including phenoxy) is 1. The van der Waals surface area contributed by atoms with Crippen LogP contribution in [0.3, 0.4) is 0 Å². The van der Waals surface area contributed by atoms with Crippen LogP contribution in [0.15, 0.2) is 58.4 Å². The van der Waals surface area contributed by atoms with E-state index in [2.05, 4.69) is 20.2 Å². The molecule has 0 spiro atoms.